The molecule has 0 aromatic carbocycles. The normalized spacial score (nSPS) is 12.5. The molecule has 0 saturated heterocycles. The van der Waals surface area contributed by atoms with Gasteiger partial charge in [-0.05, 0) is 21.0 Å². The Bertz CT molecular complexity index is 234. The highest BCUT2D eigenvalue weighted by Gasteiger charge is 2.14. The first kappa shape index (κ1) is 15.3. The summed E-state index contributed by atoms with van der Waals surface area (Å²) in [4.78, 5) is 13.6. The molecule has 94 valence electrons. The largest absolute Gasteiger partial charge is 0.393 e. The van der Waals surface area contributed by atoms with Crippen LogP contribution in [0.2, 0.25) is 0 Å². The molecule has 0 aromatic heterocycles. The molecule has 5 nitrogen and oxygen atoms in total. The van der Waals surface area contributed by atoms with E-state index in [9.17, 15) is 4.79 Å². The molecule has 0 fully saturated rings. The average Bonchev–Trinajstić information content (AvgIpc) is 2.21. The second-order valence-corrected chi connectivity index (χ2v) is 4.30. The molecule has 6 heteroatoms. The lowest BCUT2D eigenvalue weighted by atomic mass is 10.2. The third-order valence-electron chi connectivity index (χ3n) is 2.05. The molecule has 0 aliphatic rings. The van der Waals surface area contributed by atoms with Crippen molar-refractivity contribution < 1.29 is 9.53 Å². The van der Waals surface area contributed by atoms with Crippen LogP contribution in [0.25, 0.3) is 0 Å². The quantitative estimate of drug-likeness (QED) is 0.451. The van der Waals surface area contributed by atoms with Crippen LogP contribution in [-0.4, -0.2) is 56.2 Å². The van der Waals surface area contributed by atoms with Crippen molar-refractivity contribution in [2.24, 2.45) is 11.7 Å². The topological polar surface area (TPSA) is 67.6 Å². The number of nitrogens with zero attached hydrogens (tertiary/aromatic N) is 1. The lowest BCUT2D eigenvalue weighted by Crippen LogP contribution is -2.37. The highest BCUT2D eigenvalue weighted by molar-refractivity contribution is 7.80. The number of amides is 1. The number of likely N-dealkylation sites (N-methyl/N-ethyl adjacent to an activating group) is 1. The molecule has 0 saturated carbocycles. The molecule has 0 aromatic rings. The van der Waals surface area contributed by atoms with Crippen LogP contribution in [0.3, 0.4) is 0 Å². The van der Waals surface area contributed by atoms with Gasteiger partial charge in [-0.25, -0.2) is 0 Å². The Kier molecular flexibility index (Phi) is 8.05. The molecule has 16 heavy (non-hydrogen) atoms. The van der Waals surface area contributed by atoms with Crippen LogP contribution < -0.4 is 11.1 Å². The lowest BCUT2D eigenvalue weighted by molar-refractivity contribution is -0.122. The fourth-order valence-corrected chi connectivity index (χ4v) is 0.985. The van der Waals surface area contributed by atoms with Crippen LogP contribution in [0.1, 0.15) is 6.92 Å². The first-order chi connectivity index (χ1) is 7.45. The van der Waals surface area contributed by atoms with E-state index >= 15 is 0 Å². The summed E-state index contributed by atoms with van der Waals surface area (Å²) >= 11 is 4.72. The van der Waals surface area contributed by atoms with Gasteiger partial charge in [0.1, 0.15) is 0 Å². The number of carbonyl (C=O) groups excluding carboxylic acids is 1. The summed E-state index contributed by atoms with van der Waals surface area (Å²) in [6, 6.07) is 0. The molecule has 1 atom stereocenters. The fourth-order valence-electron chi connectivity index (χ4n) is 0.878. The van der Waals surface area contributed by atoms with Gasteiger partial charge >= 0.3 is 0 Å². The van der Waals surface area contributed by atoms with Gasteiger partial charge in [-0.3, -0.25) is 4.79 Å². The predicted molar refractivity (Wildman–Crippen MR) is 68.3 cm³/mol. The third kappa shape index (κ3) is 7.56. The van der Waals surface area contributed by atoms with E-state index in [-0.39, 0.29) is 10.9 Å². The highest BCUT2D eigenvalue weighted by atomic mass is 32.1. The summed E-state index contributed by atoms with van der Waals surface area (Å²) in [5.41, 5.74) is 5.36. The monoisotopic (exact) mass is 247 g/mol. The summed E-state index contributed by atoms with van der Waals surface area (Å²) in [6.45, 7) is 4.21. The van der Waals surface area contributed by atoms with Gasteiger partial charge in [-0.1, -0.05) is 12.2 Å². The summed E-state index contributed by atoms with van der Waals surface area (Å²) in [7, 11) is 3.96. The molecule has 0 aliphatic heterocycles. The molecule has 3 N–H and O–H groups in total. The van der Waals surface area contributed by atoms with Crippen LogP contribution in [0.5, 0.6) is 0 Å². The molecular formula is C10H21N3O2S. The average molecular weight is 247 g/mol. The van der Waals surface area contributed by atoms with Crippen molar-refractivity contribution in [3.05, 3.63) is 0 Å². The Balaban J connectivity index is 3.45. The highest BCUT2D eigenvalue weighted by Crippen LogP contribution is 1.93. The number of carbonyl (C=O) groups is 1. The standard InChI is InChI=1S/C10H21N3O2S/c1-8(9(11)16)10(14)12-4-6-15-7-5-13(2)3/h8H,4-7H2,1-3H3,(H2,11,16)(H,12,14). The van der Waals surface area contributed by atoms with Crippen molar-refractivity contribution in [2.75, 3.05) is 40.4 Å². The summed E-state index contributed by atoms with van der Waals surface area (Å²) < 4.78 is 5.31. The Labute approximate surface area is 102 Å². The minimum absolute atomic E-state index is 0.149. The summed E-state index contributed by atoms with van der Waals surface area (Å²) in [5.74, 6) is -0.569. The van der Waals surface area contributed by atoms with Crippen molar-refractivity contribution in [2.45, 2.75) is 6.92 Å². The third-order valence-corrected chi connectivity index (χ3v) is 2.40. The van der Waals surface area contributed by atoms with Gasteiger partial charge in [0, 0.05) is 13.1 Å². The van der Waals surface area contributed by atoms with Gasteiger partial charge in [0.2, 0.25) is 5.91 Å². The van der Waals surface area contributed by atoms with Gasteiger partial charge in [0.25, 0.3) is 0 Å². The van der Waals surface area contributed by atoms with Gasteiger partial charge in [-0.2, -0.15) is 0 Å². The zero-order chi connectivity index (χ0) is 12.6. The first-order valence-corrected chi connectivity index (χ1v) is 5.65. The number of thiocarbonyl (C=S) groups is 1. The number of hydrogen-bond acceptors (Lipinski definition) is 4. The minimum atomic E-state index is -0.420. The van der Waals surface area contributed by atoms with Crippen LogP contribution in [0.4, 0.5) is 0 Å². The second-order valence-electron chi connectivity index (χ2n) is 3.83. The molecule has 1 unspecified atom stereocenters. The Morgan fingerprint density at radius 2 is 2.12 bits per heavy atom. The molecule has 0 heterocycles. The molecular weight excluding hydrogens is 226 g/mol. The molecule has 0 spiro atoms. The second kappa shape index (κ2) is 8.43. The molecule has 1 amide bonds. The van der Waals surface area contributed by atoms with Crippen molar-refractivity contribution in [1.82, 2.24) is 10.2 Å². The number of rotatable bonds is 8. The first-order valence-electron chi connectivity index (χ1n) is 5.24. The van der Waals surface area contributed by atoms with Crippen molar-refractivity contribution in [1.29, 1.82) is 0 Å². The number of nitrogens with two attached hydrogens (primary N) is 1. The lowest BCUT2D eigenvalue weighted by Gasteiger charge is -2.12. The maximum Gasteiger partial charge on any atom is 0.229 e. The van der Waals surface area contributed by atoms with E-state index in [0.717, 1.165) is 6.54 Å². The smallest absolute Gasteiger partial charge is 0.229 e. The van der Waals surface area contributed by atoms with Crippen LogP contribution in [0.15, 0.2) is 0 Å². The van der Waals surface area contributed by atoms with Gasteiger partial charge < -0.3 is 20.7 Å². The SMILES string of the molecule is CC(C(=O)NCCOCCN(C)C)C(N)=S. The zero-order valence-corrected chi connectivity index (χ0v) is 11.0. The zero-order valence-electron chi connectivity index (χ0n) is 10.2. The Hall–Kier alpha value is -0.720. The number of hydrogen-bond donors (Lipinski definition) is 2. The van der Waals surface area contributed by atoms with Crippen molar-refractivity contribution in [3.63, 3.8) is 0 Å². The molecule has 0 bridgehead atoms. The van der Waals surface area contributed by atoms with Gasteiger partial charge in [0.15, 0.2) is 0 Å². The van der Waals surface area contributed by atoms with Crippen molar-refractivity contribution >= 4 is 23.1 Å². The van der Waals surface area contributed by atoms with E-state index in [1.807, 2.05) is 19.0 Å². The van der Waals surface area contributed by atoms with E-state index in [2.05, 4.69) is 5.32 Å². The maximum absolute atomic E-state index is 11.4. The van der Waals surface area contributed by atoms with E-state index in [1.54, 1.807) is 6.92 Å². The van der Waals surface area contributed by atoms with E-state index in [4.69, 9.17) is 22.7 Å². The van der Waals surface area contributed by atoms with Crippen LogP contribution in [0, 0.1) is 5.92 Å². The van der Waals surface area contributed by atoms with E-state index in [0.29, 0.717) is 19.8 Å². The fraction of sp³-hybridized carbons (Fsp3) is 0.800. The molecule has 0 radical (unpaired) electrons. The van der Waals surface area contributed by atoms with E-state index < -0.39 is 5.92 Å². The number of ether oxygens (including phenoxy) is 1. The maximum atomic E-state index is 11.4. The van der Waals surface area contributed by atoms with Crippen LogP contribution >= 0.6 is 12.2 Å². The van der Waals surface area contributed by atoms with E-state index in [1.165, 1.54) is 0 Å². The molecule has 0 rings (SSSR count). The number of nitrogens with one attached hydrogen (secondary N) is 1. The molecule has 0 aliphatic carbocycles. The minimum Gasteiger partial charge on any atom is -0.393 e. The summed E-state index contributed by atoms with van der Waals surface area (Å²) in [5, 5.41) is 2.71. The Morgan fingerprint density at radius 3 is 2.62 bits per heavy atom. The van der Waals surface area contributed by atoms with Gasteiger partial charge in [0.05, 0.1) is 24.1 Å². The van der Waals surface area contributed by atoms with Gasteiger partial charge in [-0.15, -0.1) is 0 Å². The Morgan fingerprint density at radius 1 is 1.50 bits per heavy atom. The van der Waals surface area contributed by atoms with Crippen LogP contribution in [-0.2, 0) is 9.53 Å². The summed E-state index contributed by atoms with van der Waals surface area (Å²) in [6.07, 6.45) is 0. The van der Waals surface area contributed by atoms with Crippen molar-refractivity contribution in [3.8, 4) is 0 Å². The predicted octanol–water partition coefficient (Wildman–Crippen LogP) is -0.397.